The lowest BCUT2D eigenvalue weighted by molar-refractivity contribution is 0.0615. The van der Waals surface area contributed by atoms with E-state index in [2.05, 4.69) is 13.8 Å². The maximum atomic E-state index is 9.86. The molecule has 1 aromatic carbocycles. The zero-order chi connectivity index (χ0) is 11.1. The van der Waals surface area contributed by atoms with E-state index in [-0.39, 0.29) is 5.41 Å². The van der Waals surface area contributed by atoms with Gasteiger partial charge in [-0.2, -0.15) is 0 Å². The number of phenols is 1. The lowest BCUT2D eigenvalue weighted by Gasteiger charge is -2.53. The van der Waals surface area contributed by atoms with Gasteiger partial charge in [0.1, 0.15) is 5.75 Å². The minimum Gasteiger partial charge on any atom is -0.508 e. The van der Waals surface area contributed by atoms with Crippen molar-refractivity contribution in [2.24, 2.45) is 11.1 Å². The SMILES string of the molecule is CC1(C)CC(CN)(c2ccccc2O)C1. The quantitative estimate of drug-likeness (QED) is 0.778. The van der Waals surface area contributed by atoms with Crippen LogP contribution in [0, 0.1) is 5.41 Å². The fraction of sp³-hybridized carbons (Fsp3) is 0.538. The molecule has 0 aliphatic heterocycles. The first-order valence-corrected chi connectivity index (χ1v) is 5.48. The molecule has 0 radical (unpaired) electrons. The van der Waals surface area contributed by atoms with Crippen LogP contribution < -0.4 is 5.73 Å². The summed E-state index contributed by atoms with van der Waals surface area (Å²) in [5, 5.41) is 9.86. The van der Waals surface area contributed by atoms with Gasteiger partial charge in [-0.1, -0.05) is 32.0 Å². The molecular formula is C13H19NO. The van der Waals surface area contributed by atoms with Crippen molar-refractivity contribution >= 4 is 0 Å². The number of nitrogens with two attached hydrogens (primary N) is 1. The molecule has 0 atom stereocenters. The van der Waals surface area contributed by atoms with Crippen LogP contribution in [-0.4, -0.2) is 11.7 Å². The van der Waals surface area contributed by atoms with Crippen LogP contribution >= 0.6 is 0 Å². The van der Waals surface area contributed by atoms with Gasteiger partial charge in [0.15, 0.2) is 0 Å². The van der Waals surface area contributed by atoms with Gasteiger partial charge >= 0.3 is 0 Å². The summed E-state index contributed by atoms with van der Waals surface area (Å²) in [4.78, 5) is 0. The second kappa shape index (κ2) is 3.24. The normalized spacial score (nSPS) is 22.1. The standard InChI is InChI=1S/C13H19NO/c1-12(2)7-13(8-12,9-14)10-5-3-4-6-11(10)15/h3-6,15H,7-9,14H2,1-2H3. The van der Waals surface area contributed by atoms with Crippen molar-refractivity contribution in [3.8, 4) is 5.75 Å². The molecule has 0 spiro atoms. The molecule has 2 heteroatoms. The van der Waals surface area contributed by atoms with E-state index in [1.54, 1.807) is 6.07 Å². The second-order valence-electron chi connectivity index (χ2n) is 5.52. The molecule has 0 heterocycles. The van der Waals surface area contributed by atoms with Crippen LogP contribution in [-0.2, 0) is 5.41 Å². The molecular weight excluding hydrogens is 186 g/mol. The smallest absolute Gasteiger partial charge is 0.119 e. The van der Waals surface area contributed by atoms with Gasteiger partial charge in [0, 0.05) is 17.5 Å². The lowest BCUT2D eigenvalue weighted by atomic mass is 9.52. The minimum absolute atomic E-state index is 0.00877. The van der Waals surface area contributed by atoms with Crippen molar-refractivity contribution in [1.82, 2.24) is 0 Å². The van der Waals surface area contributed by atoms with Crippen LogP contribution in [0.3, 0.4) is 0 Å². The Morgan fingerprint density at radius 3 is 2.33 bits per heavy atom. The Labute approximate surface area is 91.1 Å². The van der Waals surface area contributed by atoms with Crippen LogP contribution in [0.5, 0.6) is 5.75 Å². The van der Waals surface area contributed by atoms with Gasteiger partial charge in [0.05, 0.1) is 0 Å². The molecule has 0 bridgehead atoms. The topological polar surface area (TPSA) is 46.2 Å². The van der Waals surface area contributed by atoms with Crippen LogP contribution in [0.25, 0.3) is 0 Å². The van der Waals surface area contributed by atoms with E-state index in [1.807, 2.05) is 18.2 Å². The van der Waals surface area contributed by atoms with Crippen LogP contribution in [0.15, 0.2) is 24.3 Å². The number of aromatic hydroxyl groups is 1. The Kier molecular flexibility index (Phi) is 2.27. The number of hydrogen-bond donors (Lipinski definition) is 2. The molecule has 82 valence electrons. The number of rotatable bonds is 2. The van der Waals surface area contributed by atoms with E-state index in [1.165, 1.54) is 0 Å². The highest BCUT2D eigenvalue weighted by molar-refractivity contribution is 5.41. The van der Waals surface area contributed by atoms with Crippen molar-refractivity contribution in [2.75, 3.05) is 6.54 Å². The highest BCUT2D eigenvalue weighted by atomic mass is 16.3. The molecule has 0 amide bonds. The van der Waals surface area contributed by atoms with Gasteiger partial charge in [0.25, 0.3) is 0 Å². The average Bonchev–Trinajstić information content (AvgIpc) is 2.14. The predicted molar refractivity (Wildman–Crippen MR) is 61.9 cm³/mol. The summed E-state index contributed by atoms with van der Waals surface area (Å²) < 4.78 is 0. The van der Waals surface area contributed by atoms with Crippen molar-refractivity contribution in [3.05, 3.63) is 29.8 Å². The fourth-order valence-electron chi connectivity index (χ4n) is 3.15. The molecule has 3 N–H and O–H groups in total. The third kappa shape index (κ3) is 1.63. The summed E-state index contributed by atoms with van der Waals surface area (Å²) in [5.41, 5.74) is 7.27. The maximum Gasteiger partial charge on any atom is 0.119 e. The molecule has 1 aromatic rings. The summed E-state index contributed by atoms with van der Waals surface area (Å²) in [7, 11) is 0. The Bertz CT molecular complexity index is 363. The van der Waals surface area contributed by atoms with E-state index < -0.39 is 0 Å². The predicted octanol–water partition coefficient (Wildman–Crippen LogP) is 2.41. The number of hydrogen-bond acceptors (Lipinski definition) is 2. The first-order valence-electron chi connectivity index (χ1n) is 5.48. The van der Waals surface area contributed by atoms with Crippen LogP contribution in [0.4, 0.5) is 0 Å². The summed E-state index contributed by atoms with van der Waals surface area (Å²) >= 11 is 0. The van der Waals surface area contributed by atoms with Gasteiger partial charge in [0.2, 0.25) is 0 Å². The first-order chi connectivity index (χ1) is 6.99. The molecule has 2 rings (SSSR count). The zero-order valence-corrected chi connectivity index (χ0v) is 9.46. The first kappa shape index (κ1) is 10.5. The molecule has 1 aliphatic rings. The van der Waals surface area contributed by atoms with E-state index in [4.69, 9.17) is 5.73 Å². The molecule has 1 aliphatic carbocycles. The van der Waals surface area contributed by atoms with E-state index in [0.717, 1.165) is 18.4 Å². The number of phenolic OH excluding ortho intramolecular Hbond substituents is 1. The highest BCUT2D eigenvalue weighted by Crippen LogP contribution is 2.56. The molecule has 1 saturated carbocycles. The van der Waals surface area contributed by atoms with E-state index in [0.29, 0.717) is 17.7 Å². The highest BCUT2D eigenvalue weighted by Gasteiger charge is 2.50. The minimum atomic E-state index is 0.00877. The Morgan fingerprint density at radius 1 is 1.27 bits per heavy atom. The van der Waals surface area contributed by atoms with Crippen molar-refractivity contribution in [1.29, 1.82) is 0 Å². The average molecular weight is 205 g/mol. The summed E-state index contributed by atoms with van der Waals surface area (Å²) in [6.07, 6.45) is 2.13. The van der Waals surface area contributed by atoms with Crippen molar-refractivity contribution in [2.45, 2.75) is 32.1 Å². The Morgan fingerprint density at radius 2 is 1.87 bits per heavy atom. The second-order valence-corrected chi connectivity index (χ2v) is 5.52. The molecule has 0 aromatic heterocycles. The van der Waals surface area contributed by atoms with Gasteiger partial charge < -0.3 is 10.8 Å². The summed E-state index contributed by atoms with van der Waals surface area (Å²) in [6, 6.07) is 7.57. The molecule has 0 unspecified atom stereocenters. The molecule has 1 fully saturated rings. The van der Waals surface area contributed by atoms with Gasteiger partial charge in [-0.15, -0.1) is 0 Å². The van der Waals surface area contributed by atoms with Gasteiger partial charge in [-0.3, -0.25) is 0 Å². The number of benzene rings is 1. The zero-order valence-electron chi connectivity index (χ0n) is 9.46. The summed E-state index contributed by atoms with van der Waals surface area (Å²) in [6.45, 7) is 5.12. The molecule has 15 heavy (non-hydrogen) atoms. The van der Waals surface area contributed by atoms with Crippen LogP contribution in [0.1, 0.15) is 32.3 Å². The number of para-hydroxylation sites is 1. The van der Waals surface area contributed by atoms with Crippen molar-refractivity contribution < 1.29 is 5.11 Å². The van der Waals surface area contributed by atoms with Gasteiger partial charge in [-0.25, -0.2) is 0 Å². The Balaban J connectivity index is 2.34. The van der Waals surface area contributed by atoms with E-state index >= 15 is 0 Å². The van der Waals surface area contributed by atoms with Crippen LogP contribution in [0.2, 0.25) is 0 Å². The third-order valence-electron chi connectivity index (χ3n) is 3.50. The summed E-state index contributed by atoms with van der Waals surface area (Å²) in [5.74, 6) is 0.387. The monoisotopic (exact) mass is 205 g/mol. The lowest BCUT2D eigenvalue weighted by Crippen LogP contribution is -2.51. The van der Waals surface area contributed by atoms with Gasteiger partial charge in [-0.05, 0) is 24.3 Å². The molecule has 2 nitrogen and oxygen atoms in total. The largest absolute Gasteiger partial charge is 0.508 e. The Hall–Kier alpha value is -1.02. The maximum absolute atomic E-state index is 9.86. The molecule has 0 saturated heterocycles. The van der Waals surface area contributed by atoms with E-state index in [9.17, 15) is 5.11 Å². The fourth-order valence-corrected chi connectivity index (χ4v) is 3.15. The van der Waals surface area contributed by atoms with Crippen molar-refractivity contribution in [3.63, 3.8) is 0 Å². The third-order valence-corrected chi connectivity index (χ3v) is 3.50.